The monoisotopic (exact) mass is 214 g/mol. The van der Waals surface area contributed by atoms with E-state index in [2.05, 4.69) is 11.8 Å². The Labute approximate surface area is 91.7 Å². The summed E-state index contributed by atoms with van der Waals surface area (Å²) in [6.45, 7) is 7.67. The van der Waals surface area contributed by atoms with E-state index in [4.69, 9.17) is 15.2 Å². The number of nitrogens with two attached hydrogens (primary N) is 1. The van der Waals surface area contributed by atoms with E-state index < -0.39 is 0 Å². The Bertz CT molecular complexity index is 181. The Morgan fingerprint density at radius 3 is 2.80 bits per heavy atom. The van der Waals surface area contributed by atoms with Gasteiger partial charge >= 0.3 is 0 Å². The van der Waals surface area contributed by atoms with E-state index in [0.29, 0.717) is 18.0 Å². The molecule has 2 saturated heterocycles. The number of ether oxygens (including phenoxy) is 2. The summed E-state index contributed by atoms with van der Waals surface area (Å²) in [7, 11) is 0. The van der Waals surface area contributed by atoms with Crippen LogP contribution < -0.4 is 5.73 Å². The zero-order valence-electron chi connectivity index (χ0n) is 9.52. The topological polar surface area (TPSA) is 47.7 Å². The molecule has 0 aromatic heterocycles. The molecule has 0 aromatic rings. The van der Waals surface area contributed by atoms with E-state index >= 15 is 0 Å². The molecule has 2 heterocycles. The molecule has 4 nitrogen and oxygen atoms in total. The normalized spacial score (nSPS) is 39.2. The second-order valence-electron chi connectivity index (χ2n) is 4.71. The van der Waals surface area contributed by atoms with Crippen LogP contribution in [0.15, 0.2) is 0 Å². The second-order valence-corrected chi connectivity index (χ2v) is 4.71. The van der Waals surface area contributed by atoms with Crippen molar-refractivity contribution in [3.63, 3.8) is 0 Å². The molecule has 0 aromatic carbocycles. The average molecular weight is 214 g/mol. The first-order valence-corrected chi connectivity index (χ1v) is 5.92. The number of morpholine rings is 1. The first kappa shape index (κ1) is 11.3. The lowest BCUT2D eigenvalue weighted by atomic mass is 9.95. The third-order valence-electron chi connectivity index (χ3n) is 3.51. The highest BCUT2D eigenvalue weighted by atomic mass is 16.5. The molecule has 2 aliphatic heterocycles. The van der Waals surface area contributed by atoms with E-state index in [9.17, 15) is 0 Å². The van der Waals surface area contributed by atoms with Gasteiger partial charge in [0.25, 0.3) is 0 Å². The summed E-state index contributed by atoms with van der Waals surface area (Å²) in [6, 6.07) is 0.835. The van der Waals surface area contributed by atoms with Gasteiger partial charge in [-0.1, -0.05) is 0 Å². The van der Waals surface area contributed by atoms with Crippen LogP contribution in [0.1, 0.15) is 13.3 Å². The lowest BCUT2D eigenvalue weighted by Crippen LogP contribution is -2.51. The van der Waals surface area contributed by atoms with Crippen LogP contribution in [0.25, 0.3) is 0 Å². The molecule has 0 bridgehead atoms. The molecule has 0 amide bonds. The molecule has 88 valence electrons. The number of nitrogens with zero attached hydrogens (tertiary/aromatic N) is 1. The van der Waals surface area contributed by atoms with Crippen molar-refractivity contribution in [3.05, 3.63) is 0 Å². The van der Waals surface area contributed by atoms with Crippen molar-refractivity contribution < 1.29 is 9.47 Å². The van der Waals surface area contributed by atoms with Crippen LogP contribution in [0.4, 0.5) is 0 Å². The SMILES string of the molecule is CC1COCCN1CC1COCCC1N. The first-order chi connectivity index (χ1) is 7.27. The van der Waals surface area contributed by atoms with Gasteiger partial charge in [0.2, 0.25) is 0 Å². The minimum absolute atomic E-state index is 0.314. The molecule has 0 saturated carbocycles. The molecule has 15 heavy (non-hydrogen) atoms. The molecule has 0 spiro atoms. The van der Waals surface area contributed by atoms with E-state index in [1.807, 2.05) is 0 Å². The summed E-state index contributed by atoms with van der Waals surface area (Å²) in [5.74, 6) is 0.499. The predicted octanol–water partition coefficient (Wildman–Crippen LogP) is 0.0709. The number of hydrogen-bond acceptors (Lipinski definition) is 4. The van der Waals surface area contributed by atoms with Crippen LogP contribution in [0.3, 0.4) is 0 Å². The van der Waals surface area contributed by atoms with Crippen molar-refractivity contribution >= 4 is 0 Å². The number of rotatable bonds is 2. The lowest BCUT2D eigenvalue weighted by Gasteiger charge is -2.38. The maximum absolute atomic E-state index is 6.10. The zero-order valence-corrected chi connectivity index (χ0v) is 9.52. The summed E-state index contributed by atoms with van der Waals surface area (Å²) in [5.41, 5.74) is 6.10. The predicted molar refractivity (Wildman–Crippen MR) is 58.8 cm³/mol. The smallest absolute Gasteiger partial charge is 0.0619 e. The summed E-state index contributed by atoms with van der Waals surface area (Å²) >= 11 is 0. The van der Waals surface area contributed by atoms with Crippen molar-refractivity contribution in [2.75, 3.05) is 39.5 Å². The standard InChI is InChI=1S/C11H22N2O2/c1-9-7-15-5-3-13(9)6-10-8-14-4-2-11(10)12/h9-11H,2-8,12H2,1H3. The minimum atomic E-state index is 0.314. The Morgan fingerprint density at radius 2 is 2.07 bits per heavy atom. The van der Waals surface area contributed by atoms with E-state index in [1.54, 1.807) is 0 Å². The summed E-state index contributed by atoms with van der Waals surface area (Å²) in [5, 5.41) is 0. The third kappa shape index (κ3) is 2.91. The summed E-state index contributed by atoms with van der Waals surface area (Å²) in [6.07, 6.45) is 1.00. The van der Waals surface area contributed by atoms with Gasteiger partial charge in [0.05, 0.1) is 19.8 Å². The highest BCUT2D eigenvalue weighted by Gasteiger charge is 2.27. The Kier molecular flexibility index (Phi) is 3.97. The molecule has 3 unspecified atom stereocenters. The Hall–Kier alpha value is -0.160. The maximum atomic E-state index is 6.10. The van der Waals surface area contributed by atoms with Crippen molar-refractivity contribution in [1.29, 1.82) is 0 Å². The van der Waals surface area contributed by atoms with Crippen molar-refractivity contribution in [2.45, 2.75) is 25.4 Å². The summed E-state index contributed by atoms with van der Waals surface area (Å²) < 4.78 is 10.9. The van der Waals surface area contributed by atoms with E-state index in [-0.39, 0.29) is 0 Å². The van der Waals surface area contributed by atoms with Crippen LogP contribution in [0.2, 0.25) is 0 Å². The van der Waals surface area contributed by atoms with E-state index in [1.165, 1.54) is 0 Å². The van der Waals surface area contributed by atoms with Crippen molar-refractivity contribution in [3.8, 4) is 0 Å². The highest BCUT2D eigenvalue weighted by molar-refractivity contribution is 4.82. The van der Waals surface area contributed by atoms with Crippen LogP contribution in [-0.4, -0.2) is 56.5 Å². The van der Waals surface area contributed by atoms with Crippen LogP contribution in [-0.2, 0) is 9.47 Å². The fourth-order valence-corrected chi connectivity index (χ4v) is 2.34. The highest BCUT2D eigenvalue weighted by Crippen LogP contribution is 2.17. The second kappa shape index (κ2) is 5.25. The van der Waals surface area contributed by atoms with Gasteiger partial charge in [0, 0.05) is 37.7 Å². The zero-order chi connectivity index (χ0) is 10.7. The Balaban J connectivity index is 1.83. The fourth-order valence-electron chi connectivity index (χ4n) is 2.34. The molecule has 0 radical (unpaired) electrons. The average Bonchev–Trinajstić information content (AvgIpc) is 2.24. The number of hydrogen-bond donors (Lipinski definition) is 1. The maximum Gasteiger partial charge on any atom is 0.0619 e. The van der Waals surface area contributed by atoms with Gasteiger partial charge in [-0.3, -0.25) is 4.90 Å². The van der Waals surface area contributed by atoms with Gasteiger partial charge in [-0.05, 0) is 13.3 Å². The van der Waals surface area contributed by atoms with Gasteiger partial charge in [0.1, 0.15) is 0 Å². The summed E-state index contributed by atoms with van der Waals surface area (Å²) in [4.78, 5) is 2.47. The molecule has 2 aliphatic rings. The van der Waals surface area contributed by atoms with Gasteiger partial charge in [-0.15, -0.1) is 0 Å². The van der Waals surface area contributed by atoms with Gasteiger partial charge in [-0.2, -0.15) is 0 Å². The molecule has 4 heteroatoms. The molecule has 2 rings (SSSR count). The van der Waals surface area contributed by atoms with Crippen LogP contribution >= 0.6 is 0 Å². The van der Waals surface area contributed by atoms with E-state index in [0.717, 1.165) is 45.9 Å². The molecular weight excluding hydrogens is 192 g/mol. The molecular formula is C11H22N2O2. The van der Waals surface area contributed by atoms with Gasteiger partial charge in [-0.25, -0.2) is 0 Å². The molecule has 0 aliphatic carbocycles. The molecule has 2 N–H and O–H groups in total. The Morgan fingerprint density at radius 1 is 1.27 bits per heavy atom. The molecule has 2 fully saturated rings. The van der Waals surface area contributed by atoms with Crippen molar-refractivity contribution in [1.82, 2.24) is 4.90 Å². The lowest BCUT2D eigenvalue weighted by molar-refractivity contribution is -0.0299. The first-order valence-electron chi connectivity index (χ1n) is 5.92. The van der Waals surface area contributed by atoms with Crippen molar-refractivity contribution in [2.24, 2.45) is 11.7 Å². The van der Waals surface area contributed by atoms with Crippen LogP contribution in [0.5, 0.6) is 0 Å². The quantitative estimate of drug-likeness (QED) is 0.707. The largest absolute Gasteiger partial charge is 0.381 e. The third-order valence-corrected chi connectivity index (χ3v) is 3.51. The van der Waals surface area contributed by atoms with Crippen LogP contribution in [0, 0.1) is 5.92 Å². The van der Waals surface area contributed by atoms with Gasteiger partial charge < -0.3 is 15.2 Å². The molecule has 3 atom stereocenters. The fraction of sp³-hybridized carbons (Fsp3) is 1.00. The van der Waals surface area contributed by atoms with Gasteiger partial charge in [0.15, 0.2) is 0 Å². The minimum Gasteiger partial charge on any atom is -0.381 e.